The highest BCUT2D eigenvalue weighted by Crippen LogP contribution is 2.30. The van der Waals surface area contributed by atoms with Crippen LogP contribution in [0.25, 0.3) is 22.3 Å². The molecule has 0 aliphatic heterocycles. The van der Waals surface area contributed by atoms with Gasteiger partial charge in [-0.2, -0.15) is 0 Å². The molecule has 0 fully saturated rings. The Morgan fingerprint density at radius 2 is 1.82 bits per heavy atom. The van der Waals surface area contributed by atoms with E-state index in [1.807, 2.05) is 30.3 Å². The van der Waals surface area contributed by atoms with Gasteiger partial charge in [-0.15, -0.1) is 0 Å². The minimum atomic E-state index is -1.46. The minimum Gasteiger partial charge on any atom is -0.452 e. The third kappa shape index (κ3) is 2.33. The van der Waals surface area contributed by atoms with Crippen LogP contribution in [0.2, 0.25) is 0 Å². The van der Waals surface area contributed by atoms with E-state index in [-0.39, 0.29) is 22.1 Å². The fourth-order valence-electron chi connectivity index (χ4n) is 2.32. The lowest BCUT2D eigenvalue weighted by Crippen LogP contribution is -2.09. The maximum absolute atomic E-state index is 12.5. The van der Waals surface area contributed by atoms with Crippen LogP contribution in [0.15, 0.2) is 57.7 Å². The van der Waals surface area contributed by atoms with Crippen molar-refractivity contribution in [2.24, 2.45) is 0 Å². The van der Waals surface area contributed by atoms with Gasteiger partial charge in [0.2, 0.25) is 0 Å². The van der Waals surface area contributed by atoms with E-state index in [0.717, 1.165) is 5.56 Å². The van der Waals surface area contributed by atoms with Crippen LogP contribution in [0.4, 0.5) is 4.79 Å². The molecule has 0 spiro atoms. The SMILES string of the molecule is Cc1c(-c2ccccc2)oc2c(OC(=O)O)cccc2c1=O. The van der Waals surface area contributed by atoms with Crippen molar-refractivity contribution >= 4 is 17.1 Å². The summed E-state index contributed by atoms with van der Waals surface area (Å²) in [6.45, 7) is 1.68. The second kappa shape index (κ2) is 5.37. The summed E-state index contributed by atoms with van der Waals surface area (Å²) in [4.78, 5) is 23.3. The van der Waals surface area contributed by atoms with Crippen molar-refractivity contribution < 1.29 is 19.1 Å². The van der Waals surface area contributed by atoms with Gasteiger partial charge in [-0.25, -0.2) is 4.79 Å². The number of fused-ring (bicyclic) bond motifs is 1. The van der Waals surface area contributed by atoms with Gasteiger partial charge in [-0.05, 0) is 19.1 Å². The fourth-order valence-corrected chi connectivity index (χ4v) is 2.32. The summed E-state index contributed by atoms with van der Waals surface area (Å²) in [5.74, 6) is 0.402. The maximum Gasteiger partial charge on any atom is 0.511 e. The Hall–Kier alpha value is -3.08. The molecule has 3 rings (SSSR count). The van der Waals surface area contributed by atoms with Gasteiger partial charge >= 0.3 is 6.16 Å². The molecule has 22 heavy (non-hydrogen) atoms. The van der Waals surface area contributed by atoms with Crippen molar-refractivity contribution in [3.05, 3.63) is 64.3 Å². The lowest BCUT2D eigenvalue weighted by Gasteiger charge is -2.09. The second-order valence-corrected chi connectivity index (χ2v) is 4.75. The molecule has 110 valence electrons. The van der Waals surface area contributed by atoms with Crippen molar-refractivity contribution in [3.8, 4) is 17.1 Å². The number of para-hydroxylation sites is 1. The molecule has 2 aromatic carbocycles. The average Bonchev–Trinajstić information content (AvgIpc) is 2.51. The van der Waals surface area contributed by atoms with Crippen LogP contribution in [0.1, 0.15) is 5.56 Å². The Kier molecular flexibility index (Phi) is 3.39. The van der Waals surface area contributed by atoms with Crippen LogP contribution in [0.5, 0.6) is 5.75 Å². The maximum atomic E-state index is 12.5. The monoisotopic (exact) mass is 296 g/mol. The largest absolute Gasteiger partial charge is 0.511 e. The molecular weight excluding hydrogens is 284 g/mol. The first-order valence-electron chi connectivity index (χ1n) is 6.60. The molecule has 1 aromatic heterocycles. The first-order valence-corrected chi connectivity index (χ1v) is 6.60. The van der Waals surface area contributed by atoms with E-state index < -0.39 is 6.16 Å². The molecule has 0 atom stereocenters. The van der Waals surface area contributed by atoms with Gasteiger partial charge in [0, 0.05) is 11.1 Å². The number of carboxylic acid groups (broad SMARTS) is 1. The van der Waals surface area contributed by atoms with E-state index in [1.165, 1.54) is 6.07 Å². The molecule has 0 amide bonds. The fraction of sp³-hybridized carbons (Fsp3) is 0.0588. The van der Waals surface area contributed by atoms with Crippen LogP contribution in [0.3, 0.4) is 0 Å². The van der Waals surface area contributed by atoms with Crippen molar-refractivity contribution in [3.63, 3.8) is 0 Å². The molecule has 5 heteroatoms. The van der Waals surface area contributed by atoms with E-state index >= 15 is 0 Å². The van der Waals surface area contributed by atoms with E-state index in [9.17, 15) is 9.59 Å². The summed E-state index contributed by atoms with van der Waals surface area (Å²) in [7, 11) is 0. The zero-order valence-corrected chi connectivity index (χ0v) is 11.7. The number of ether oxygens (including phenoxy) is 1. The molecule has 0 aliphatic carbocycles. The smallest absolute Gasteiger partial charge is 0.452 e. The summed E-state index contributed by atoms with van der Waals surface area (Å²) >= 11 is 0. The van der Waals surface area contributed by atoms with Crippen molar-refractivity contribution in [1.29, 1.82) is 0 Å². The quantitative estimate of drug-likeness (QED) is 0.574. The van der Waals surface area contributed by atoms with Gasteiger partial charge in [-0.1, -0.05) is 36.4 Å². The van der Waals surface area contributed by atoms with Crippen LogP contribution in [-0.2, 0) is 0 Å². The Bertz CT molecular complexity index is 909. The molecule has 1 N–H and O–H groups in total. The molecule has 0 aliphatic rings. The third-order valence-electron chi connectivity index (χ3n) is 3.34. The van der Waals surface area contributed by atoms with E-state index in [0.29, 0.717) is 11.3 Å². The summed E-state index contributed by atoms with van der Waals surface area (Å²) in [5, 5.41) is 9.08. The summed E-state index contributed by atoms with van der Waals surface area (Å²) < 4.78 is 10.5. The predicted octanol–water partition coefficient (Wildman–Crippen LogP) is 3.83. The number of rotatable bonds is 2. The van der Waals surface area contributed by atoms with Crippen molar-refractivity contribution in [1.82, 2.24) is 0 Å². The average molecular weight is 296 g/mol. The highest BCUT2D eigenvalue weighted by Gasteiger charge is 2.16. The van der Waals surface area contributed by atoms with Crippen LogP contribution >= 0.6 is 0 Å². The molecule has 3 aromatic rings. The summed E-state index contributed by atoms with van der Waals surface area (Å²) in [6, 6.07) is 13.7. The Labute approximate surface area is 125 Å². The van der Waals surface area contributed by atoms with E-state index in [2.05, 4.69) is 0 Å². The van der Waals surface area contributed by atoms with E-state index in [4.69, 9.17) is 14.3 Å². The van der Waals surface area contributed by atoms with Crippen molar-refractivity contribution in [2.45, 2.75) is 6.92 Å². The predicted molar refractivity (Wildman–Crippen MR) is 81.3 cm³/mol. The zero-order chi connectivity index (χ0) is 15.7. The lowest BCUT2D eigenvalue weighted by molar-refractivity contribution is 0.144. The number of carbonyl (C=O) groups is 1. The van der Waals surface area contributed by atoms with E-state index in [1.54, 1.807) is 19.1 Å². The molecule has 0 saturated carbocycles. The van der Waals surface area contributed by atoms with Gasteiger partial charge in [0.25, 0.3) is 0 Å². The normalized spacial score (nSPS) is 10.6. The van der Waals surface area contributed by atoms with Crippen molar-refractivity contribution in [2.75, 3.05) is 0 Å². The number of hydrogen-bond donors (Lipinski definition) is 1. The van der Waals surface area contributed by atoms with Gasteiger partial charge < -0.3 is 14.3 Å². The molecule has 0 bridgehead atoms. The molecule has 0 radical (unpaired) electrons. The molecule has 5 nitrogen and oxygen atoms in total. The summed E-state index contributed by atoms with van der Waals surface area (Å²) in [5.41, 5.74) is 1.12. The summed E-state index contributed by atoms with van der Waals surface area (Å²) in [6.07, 6.45) is -1.46. The van der Waals surface area contributed by atoms with Crippen LogP contribution in [0, 0.1) is 6.92 Å². The Morgan fingerprint density at radius 1 is 1.09 bits per heavy atom. The van der Waals surface area contributed by atoms with Gasteiger partial charge in [0.05, 0.1) is 5.39 Å². The first kappa shape index (κ1) is 13.9. The number of hydrogen-bond acceptors (Lipinski definition) is 4. The number of benzene rings is 2. The highest BCUT2D eigenvalue weighted by molar-refractivity contribution is 5.86. The third-order valence-corrected chi connectivity index (χ3v) is 3.34. The highest BCUT2D eigenvalue weighted by atomic mass is 16.7. The van der Waals surface area contributed by atoms with Crippen LogP contribution < -0.4 is 10.2 Å². The second-order valence-electron chi connectivity index (χ2n) is 4.75. The molecular formula is C17H12O5. The van der Waals surface area contributed by atoms with Gasteiger partial charge in [0.15, 0.2) is 16.8 Å². The molecule has 0 unspecified atom stereocenters. The standard InChI is InChI=1S/C17H12O5/c1-10-14(18)12-8-5-9-13(21-17(19)20)16(12)22-15(10)11-6-3-2-4-7-11/h2-9H,1H3,(H,19,20). The van der Waals surface area contributed by atoms with Gasteiger partial charge in [0.1, 0.15) is 5.76 Å². The Morgan fingerprint density at radius 3 is 2.50 bits per heavy atom. The Balaban J connectivity index is 2.34. The molecule has 1 heterocycles. The van der Waals surface area contributed by atoms with Gasteiger partial charge in [-0.3, -0.25) is 4.79 Å². The lowest BCUT2D eigenvalue weighted by atomic mass is 10.1. The molecule has 0 saturated heterocycles. The first-order chi connectivity index (χ1) is 10.6. The zero-order valence-electron chi connectivity index (χ0n) is 11.7. The minimum absolute atomic E-state index is 0.000666. The van der Waals surface area contributed by atoms with Crippen LogP contribution in [-0.4, -0.2) is 11.3 Å². The topological polar surface area (TPSA) is 76.7 Å².